The molecule has 3 aromatic carbocycles. The van der Waals surface area contributed by atoms with Crippen LogP contribution >= 0.6 is 15.9 Å². The van der Waals surface area contributed by atoms with E-state index in [4.69, 9.17) is 0 Å². The van der Waals surface area contributed by atoms with E-state index >= 15 is 0 Å². The van der Waals surface area contributed by atoms with E-state index in [0.717, 1.165) is 26.8 Å². The van der Waals surface area contributed by atoms with Gasteiger partial charge in [-0.15, -0.1) is 0 Å². The Hall–Kier alpha value is -2.52. The number of hydrogen-bond donors (Lipinski definition) is 0. The maximum absolute atomic E-state index is 4.55. The zero-order chi connectivity index (χ0) is 15.9. The zero-order valence-corrected chi connectivity index (χ0v) is 14.0. The van der Waals surface area contributed by atoms with E-state index in [0.29, 0.717) is 0 Å². The van der Waals surface area contributed by atoms with Gasteiger partial charge in [-0.1, -0.05) is 82.7 Å². The minimum atomic E-state index is 0.755. The molecule has 0 aliphatic rings. The van der Waals surface area contributed by atoms with E-state index in [1.54, 1.807) is 0 Å². The number of aromatic nitrogens is 2. The average Bonchev–Trinajstić information content (AvgIpc) is 2.63. The van der Waals surface area contributed by atoms with Crippen LogP contribution in [0.3, 0.4) is 0 Å². The van der Waals surface area contributed by atoms with Gasteiger partial charge in [-0.2, -0.15) is 0 Å². The van der Waals surface area contributed by atoms with Crippen molar-refractivity contribution >= 4 is 26.8 Å². The van der Waals surface area contributed by atoms with Crippen molar-refractivity contribution in [3.63, 3.8) is 0 Å². The fourth-order valence-corrected chi connectivity index (χ4v) is 2.52. The quantitative estimate of drug-likeness (QED) is 0.431. The van der Waals surface area contributed by atoms with Crippen LogP contribution in [-0.2, 0) is 0 Å². The van der Waals surface area contributed by atoms with Crippen LogP contribution in [0, 0.1) is 0 Å². The molecule has 0 saturated carbocycles. The van der Waals surface area contributed by atoms with Gasteiger partial charge >= 0.3 is 0 Å². The van der Waals surface area contributed by atoms with Crippen molar-refractivity contribution in [2.24, 2.45) is 0 Å². The molecule has 0 aliphatic heterocycles. The molecule has 4 rings (SSSR count). The van der Waals surface area contributed by atoms with Crippen LogP contribution in [0.1, 0.15) is 0 Å². The Morgan fingerprint density at radius 1 is 0.696 bits per heavy atom. The van der Waals surface area contributed by atoms with Crippen molar-refractivity contribution < 1.29 is 0 Å². The second-order valence-corrected chi connectivity index (χ2v) is 5.83. The van der Waals surface area contributed by atoms with Gasteiger partial charge in [-0.3, -0.25) is 0 Å². The highest BCUT2D eigenvalue weighted by atomic mass is 79.9. The number of para-hydroxylation sites is 1. The summed E-state index contributed by atoms with van der Waals surface area (Å²) in [5.74, 6) is 0.755. The predicted octanol–water partition coefficient (Wildman–Crippen LogP) is 5.75. The topological polar surface area (TPSA) is 25.8 Å². The highest BCUT2D eigenvalue weighted by Crippen LogP contribution is 2.21. The van der Waals surface area contributed by atoms with Gasteiger partial charge < -0.3 is 0 Å². The first kappa shape index (κ1) is 15.4. The van der Waals surface area contributed by atoms with Crippen LogP contribution in [0.15, 0.2) is 95.6 Å². The third-order valence-electron chi connectivity index (χ3n) is 3.24. The van der Waals surface area contributed by atoms with E-state index < -0.39 is 0 Å². The Morgan fingerprint density at radius 2 is 1.39 bits per heavy atom. The highest BCUT2D eigenvalue weighted by Gasteiger charge is 2.02. The minimum Gasteiger partial charge on any atom is -0.236 e. The molecule has 1 heterocycles. The third kappa shape index (κ3) is 4.24. The first-order valence-electron chi connectivity index (χ1n) is 7.31. The molecule has 3 heteroatoms. The first-order chi connectivity index (χ1) is 11.3. The smallest absolute Gasteiger partial charge is 0.159 e. The van der Waals surface area contributed by atoms with E-state index in [9.17, 15) is 0 Å². The van der Waals surface area contributed by atoms with Crippen LogP contribution in [0.4, 0.5) is 0 Å². The van der Waals surface area contributed by atoms with Gasteiger partial charge in [0.2, 0.25) is 0 Å². The Balaban J connectivity index is 0.000000220. The standard InChI is InChI=1S/C14H9BrN2.C6H6/c15-12-6-3-5-10(8-12)14-16-9-11-4-1-2-7-13(11)17-14;1-2-4-6-5-3-1/h1-9H;1-6H. The maximum atomic E-state index is 4.55. The van der Waals surface area contributed by atoms with E-state index in [2.05, 4.69) is 25.9 Å². The molecule has 0 fully saturated rings. The van der Waals surface area contributed by atoms with E-state index in [1.807, 2.05) is 91.1 Å². The van der Waals surface area contributed by atoms with Crippen molar-refractivity contribution in [2.75, 3.05) is 0 Å². The summed E-state index contributed by atoms with van der Waals surface area (Å²) < 4.78 is 1.03. The number of halogens is 1. The predicted molar refractivity (Wildman–Crippen MR) is 99.1 cm³/mol. The molecule has 112 valence electrons. The van der Waals surface area contributed by atoms with Crippen molar-refractivity contribution in [1.29, 1.82) is 0 Å². The monoisotopic (exact) mass is 362 g/mol. The highest BCUT2D eigenvalue weighted by molar-refractivity contribution is 9.10. The van der Waals surface area contributed by atoms with Gasteiger partial charge in [0, 0.05) is 21.6 Å². The number of benzene rings is 3. The van der Waals surface area contributed by atoms with E-state index in [1.165, 1.54) is 0 Å². The van der Waals surface area contributed by atoms with Crippen LogP contribution in [0.5, 0.6) is 0 Å². The third-order valence-corrected chi connectivity index (χ3v) is 3.73. The van der Waals surface area contributed by atoms with Crippen LogP contribution < -0.4 is 0 Å². The van der Waals surface area contributed by atoms with Gasteiger partial charge in [0.05, 0.1) is 5.52 Å². The number of fused-ring (bicyclic) bond motifs is 1. The lowest BCUT2D eigenvalue weighted by Crippen LogP contribution is -1.89. The summed E-state index contributed by atoms with van der Waals surface area (Å²) in [4.78, 5) is 8.94. The molecule has 0 unspecified atom stereocenters. The summed E-state index contributed by atoms with van der Waals surface area (Å²) in [6.45, 7) is 0. The number of rotatable bonds is 1. The van der Waals surface area contributed by atoms with Crippen LogP contribution in [0.2, 0.25) is 0 Å². The number of nitrogens with zero attached hydrogens (tertiary/aromatic N) is 2. The molecule has 0 saturated heterocycles. The molecule has 0 spiro atoms. The summed E-state index contributed by atoms with van der Waals surface area (Å²) in [7, 11) is 0. The summed E-state index contributed by atoms with van der Waals surface area (Å²) in [6, 6.07) is 28.0. The zero-order valence-electron chi connectivity index (χ0n) is 12.4. The first-order valence-corrected chi connectivity index (χ1v) is 8.10. The van der Waals surface area contributed by atoms with E-state index in [-0.39, 0.29) is 0 Å². The summed E-state index contributed by atoms with van der Waals surface area (Å²) in [5, 5.41) is 1.06. The Labute approximate surface area is 144 Å². The fourth-order valence-electron chi connectivity index (χ4n) is 2.12. The molecule has 0 bridgehead atoms. The second-order valence-electron chi connectivity index (χ2n) is 4.92. The number of hydrogen-bond acceptors (Lipinski definition) is 2. The van der Waals surface area contributed by atoms with Crippen molar-refractivity contribution in [3.05, 3.63) is 95.6 Å². The molecule has 2 nitrogen and oxygen atoms in total. The molecule has 0 N–H and O–H groups in total. The minimum absolute atomic E-state index is 0.755. The van der Waals surface area contributed by atoms with Gasteiger partial charge in [0.1, 0.15) is 0 Å². The Morgan fingerprint density at radius 3 is 2.09 bits per heavy atom. The second kappa shape index (κ2) is 7.65. The largest absolute Gasteiger partial charge is 0.236 e. The lowest BCUT2D eigenvalue weighted by Gasteiger charge is -2.02. The molecule has 0 amide bonds. The normalized spacial score (nSPS) is 9.96. The lowest BCUT2D eigenvalue weighted by atomic mass is 10.2. The molecule has 0 radical (unpaired) electrons. The van der Waals surface area contributed by atoms with Crippen LogP contribution in [-0.4, -0.2) is 9.97 Å². The van der Waals surface area contributed by atoms with Gasteiger partial charge in [0.25, 0.3) is 0 Å². The maximum Gasteiger partial charge on any atom is 0.159 e. The summed E-state index contributed by atoms with van der Waals surface area (Å²) >= 11 is 3.45. The molecule has 0 aliphatic carbocycles. The van der Waals surface area contributed by atoms with Crippen LogP contribution in [0.25, 0.3) is 22.3 Å². The Bertz CT molecular complexity index is 865. The van der Waals surface area contributed by atoms with Crippen molar-refractivity contribution in [1.82, 2.24) is 9.97 Å². The lowest BCUT2D eigenvalue weighted by molar-refractivity contribution is 1.23. The molecule has 0 atom stereocenters. The van der Waals surface area contributed by atoms with Crippen molar-refractivity contribution in [3.8, 4) is 11.4 Å². The van der Waals surface area contributed by atoms with Crippen molar-refractivity contribution in [2.45, 2.75) is 0 Å². The van der Waals surface area contributed by atoms with Gasteiger partial charge in [-0.25, -0.2) is 9.97 Å². The molecular formula is C20H15BrN2. The fraction of sp³-hybridized carbons (Fsp3) is 0. The molecular weight excluding hydrogens is 348 g/mol. The molecule has 4 aromatic rings. The Kier molecular flexibility index (Phi) is 5.12. The molecule has 1 aromatic heterocycles. The van der Waals surface area contributed by atoms with Gasteiger partial charge in [-0.05, 0) is 18.2 Å². The average molecular weight is 363 g/mol. The molecule has 23 heavy (non-hydrogen) atoms. The summed E-state index contributed by atoms with van der Waals surface area (Å²) in [5.41, 5.74) is 1.99. The SMILES string of the molecule is Brc1cccc(-c2ncc3ccccc3n2)c1.c1ccccc1. The summed E-state index contributed by atoms with van der Waals surface area (Å²) in [6.07, 6.45) is 1.86. The van der Waals surface area contributed by atoms with Gasteiger partial charge in [0.15, 0.2) is 5.82 Å².